The molecule has 0 fully saturated rings. The van der Waals surface area contributed by atoms with Crippen molar-refractivity contribution in [1.29, 1.82) is 0 Å². The Balaban J connectivity index is 2.80. The van der Waals surface area contributed by atoms with Crippen molar-refractivity contribution in [3.63, 3.8) is 0 Å². The van der Waals surface area contributed by atoms with Crippen molar-refractivity contribution < 1.29 is 9.59 Å². The van der Waals surface area contributed by atoms with Gasteiger partial charge in [-0.1, -0.05) is 30.4 Å². The van der Waals surface area contributed by atoms with Gasteiger partial charge in [-0.15, -0.1) is 0 Å². The lowest BCUT2D eigenvalue weighted by atomic mass is 10.2. The molecule has 0 aliphatic rings. The smallest absolute Gasteiger partial charge is 0.219 e. The fourth-order valence-electron chi connectivity index (χ4n) is 1.07. The van der Waals surface area contributed by atoms with Gasteiger partial charge >= 0.3 is 0 Å². The van der Waals surface area contributed by atoms with Gasteiger partial charge in [0.1, 0.15) is 0 Å². The number of carbonyl (C=O) groups is 2. The number of hydrogen-bond acceptors (Lipinski definition) is 4. The van der Waals surface area contributed by atoms with Gasteiger partial charge in [0, 0.05) is 11.1 Å². The van der Waals surface area contributed by atoms with Gasteiger partial charge in [0.05, 0.1) is 0 Å². The Kier molecular flexibility index (Phi) is 4.91. The van der Waals surface area contributed by atoms with Crippen molar-refractivity contribution in [2.24, 2.45) is 0 Å². The maximum absolute atomic E-state index is 11.5. The fraction of sp³-hybridized carbons (Fsp3) is 0.273. The Morgan fingerprint density at radius 2 is 1.53 bits per heavy atom. The predicted octanol–water partition coefficient (Wildman–Crippen LogP) is 3.08. The van der Waals surface area contributed by atoms with E-state index in [-0.39, 0.29) is 10.2 Å². The lowest BCUT2D eigenvalue weighted by molar-refractivity contribution is 0.107. The highest BCUT2D eigenvalue weighted by molar-refractivity contribution is 8.14. The zero-order valence-corrected chi connectivity index (χ0v) is 10.3. The molecule has 1 aromatic rings. The highest BCUT2D eigenvalue weighted by Crippen LogP contribution is 2.15. The molecule has 2 nitrogen and oxygen atoms in total. The molecule has 0 spiro atoms. The van der Waals surface area contributed by atoms with Crippen LogP contribution in [0.1, 0.15) is 27.6 Å². The summed E-state index contributed by atoms with van der Waals surface area (Å²) in [6.07, 6.45) is 1.74. The zero-order valence-electron chi connectivity index (χ0n) is 8.65. The second-order valence-corrected chi connectivity index (χ2v) is 4.81. The first-order valence-corrected chi connectivity index (χ1v) is 6.75. The van der Waals surface area contributed by atoms with E-state index in [2.05, 4.69) is 0 Å². The molecule has 0 aliphatic carbocycles. The Morgan fingerprint density at radius 3 is 1.93 bits per heavy atom. The average Bonchev–Trinajstić information content (AvgIpc) is 2.28. The Morgan fingerprint density at radius 1 is 1.07 bits per heavy atom. The standard InChI is InChI=1S/C11H12O2S2/c1-3-15-11(13)9-6-4-8(5-7-9)10(12)14-2/h4-7H,3H2,1-2H3. The summed E-state index contributed by atoms with van der Waals surface area (Å²) in [5, 5.41) is 0.0813. The molecule has 1 aromatic carbocycles. The van der Waals surface area contributed by atoms with E-state index in [0.717, 1.165) is 5.75 Å². The third kappa shape index (κ3) is 3.39. The molecule has 0 aliphatic heterocycles. The molecule has 15 heavy (non-hydrogen) atoms. The molecule has 0 amide bonds. The van der Waals surface area contributed by atoms with Crippen LogP contribution < -0.4 is 0 Å². The first-order chi connectivity index (χ1) is 7.19. The summed E-state index contributed by atoms with van der Waals surface area (Å²) in [6, 6.07) is 6.80. The molecule has 0 atom stereocenters. The van der Waals surface area contributed by atoms with Crippen LogP contribution in [0.4, 0.5) is 0 Å². The molecule has 0 saturated heterocycles. The number of carbonyl (C=O) groups excluding carboxylic acids is 2. The highest BCUT2D eigenvalue weighted by atomic mass is 32.2. The summed E-state index contributed by atoms with van der Waals surface area (Å²) in [7, 11) is 0. The van der Waals surface area contributed by atoms with Gasteiger partial charge in [0.2, 0.25) is 10.2 Å². The number of thioether (sulfide) groups is 2. The normalized spacial score (nSPS) is 10.0. The molecule has 0 saturated carbocycles. The topological polar surface area (TPSA) is 34.1 Å². The SMILES string of the molecule is CCSC(=O)c1ccc(C(=O)SC)cc1. The maximum atomic E-state index is 11.5. The molecule has 80 valence electrons. The maximum Gasteiger partial charge on any atom is 0.219 e. The van der Waals surface area contributed by atoms with Crippen LogP contribution in [0.3, 0.4) is 0 Å². The van der Waals surface area contributed by atoms with Crippen LogP contribution in [0, 0.1) is 0 Å². The van der Waals surface area contributed by atoms with Gasteiger partial charge in [0.15, 0.2) is 0 Å². The van der Waals surface area contributed by atoms with Crippen molar-refractivity contribution in [2.75, 3.05) is 12.0 Å². The molecule has 1 rings (SSSR count). The second kappa shape index (κ2) is 5.98. The summed E-state index contributed by atoms with van der Waals surface area (Å²) in [5.41, 5.74) is 1.29. The van der Waals surface area contributed by atoms with Gasteiger partial charge < -0.3 is 0 Å². The lowest BCUT2D eigenvalue weighted by Gasteiger charge is -2.00. The molecular weight excluding hydrogens is 228 g/mol. The fourth-order valence-corrected chi connectivity index (χ4v) is 2.01. The van der Waals surface area contributed by atoms with E-state index in [1.807, 2.05) is 6.92 Å². The Hall–Kier alpha value is -0.740. The van der Waals surface area contributed by atoms with Gasteiger partial charge in [-0.2, -0.15) is 0 Å². The largest absolute Gasteiger partial charge is 0.282 e. The van der Waals surface area contributed by atoms with Crippen LogP contribution in [0.15, 0.2) is 24.3 Å². The second-order valence-electron chi connectivity index (χ2n) is 2.79. The van der Waals surface area contributed by atoms with E-state index in [4.69, 9.17) is 0 Å². The first-order valence-electron chi connectivity index (χ1n) is 4.54. The van der Waals surface area contributed by atoms with Crippen LogP contribution in [0.25, 0.3) is 0 Å². The van der Waals surface area contributed by atoms with Crippen LogP contribution >= 0.6 is 23.5 Å². The van der Waals surface area contributed by atoms with E-state index in [0.29, 0.717) is 11.1 Å². The Labute approximate surface area is 97.8 Å². The minimum absolute atomic E-state index is 0.0251. The molecule has 0 aromatic heterocycles. The summed E-state index contributed by atoms with van der Waals surface area (Å²) in [5.74, 6) is 0.768. The highest BCUT2D eigenvalue weighted by Gasteiger charge is 2.07. The average molecular weight is 240 g/mol. The minimum Gasteiger partial charge on any atom is -0.282 e. The van der Waals surface area contributed by atoms with Gasteiger partial charge in [-0.3, -0.25) is 9.59 Å². The van der Waals surface area contributed by atoms with Crippen LogP contribution in [0.5, 0.6) is 0 Å². The molecule has 0 heterocycles. The van der Waals surface area contributed by atoms with E-state index in [1.165, 1.54) is 23.5 Å². The summed E-state index contributed by atoms with van der Waals surface area (Å²) in [6.45, 7) is 1.94. The molecule has 0 bridgehead atoms. The summed E-state index contributed by atoms with van der Waals surface area (Å²) < 4.78 is 0. The van der Waals surface area contributed by atoms with Crippen LogP contribution in [0.2, 0.25) is 0 Å². The van der Waals surface area contributed by atoms with E-state index >= 15 is 0 Å². The first kappa shape index (κ1) is 12.3. The van der Waals surface area contributed by atoms with Gasteiger partial charge in [-0.05, 0) is 36.3 Å². The molecule has 0 radical (unpaired) electrons. The lowest BCUT2D eigenvalue weighted by Crippen LogP contribution is -1.96. The van der Waals surface area contributed by atoms with Crippen molar-refractivity contribution in [1.82, 2.24) is 0 Å². The van der Waals surface area contributed by atoms with Gasteiger partial charge in [-0.25, -0.2) is 0 Å². The van der Waals surface area contributed by atoms with Crippen LogP contribution in [-0.4, -0.2) is 22.2 Å². The minimum atomic E-state index is 0.0251. The Bertz CT molecular complexity index is 357. The molecule has 0 unspecified atom stereocenters. The summed E-state index contributed by atoms with van der Waals surface area (Å²) >= 11 is 2.45. The third-order valence-corrected chi connectivity index (χ3v) is 3.21. The van der Waals surface area contributed by atoms with E-state index in [1.54, 1.807) is 30.5 Å². The molecule has 0 N–H and O–H groups in total. The van der Waals surface area contributed by atoms with Gasteiger partial charge in [0.25, 0.3) is 0 Å². The molecular formula is C11H12O2S2. The number of rotatable bonds is 3. The predicted molar refractivity (Wildman–Crippen MR) is 66.8 cm³/mol. The number of benzene rings is 1. The van der Waals surface area contributed by atoms with Crippen molar-refractivity contribution in [2.45, 2.75) is 6.92 Å². The van der Waals surface area contributed by atoms with Crippen molar-refractivity contribution in [3.8, 4) is 0 Å². The monoisotopic (exact) mass is 240 g/mol. The van der Waals surface area contributed by atoms with Crippen LogP contribution in [-0.2, 0) is 0 Å². The number of hydrogen-bond donors (Lipinski definition) is 0. The van der Waals surface area contributed by atoms with Crippen molar-refractivity contribution >= 4 is 33.8 Å². The van der Waals surface area contributed by atoms with E-state index in [9.17, 15) is 9.59 Å². The quantitative estimate of drug-likeness (QED) is 0.813. The third-order valence-electron chi connectivity index (χ3n) is 1.82. The summed E-state index contributed by atoms with van der Waals surface area (Å²) in [4.78, 5) is 22.8. The van der Waals surface area contributed by atoms with Crippen molar-refractivity contribution in [3.05, 3.63) is 35.4 Å². The zero-order chi connectivity index (χ0) is 11.3. The van der Waals surface area contributed by atoms with E-state index < -0.39 is 0 Å². The molecule has 4 heteroatoms.